The Labute approximate surface area is 104 Å². The molecule has 2 aromatic rings. The van der Waals surface area contributed by atoms with Crippen LogP contribution in [0.5, 0.6) is 0 Å². The standard InChI is InChI=1S/C12H14N4O2/c1-9(10-6-4-3-5-7-10)13-12-11(16(17)18)8-15(2)14-12/h3-9H,1-2H3,(H,13,14). The van der Waals surface area contributed by atoms with Gasteiger partial charge in [0.2, 0.25) is 5.82 Å². The molecule has 1 aromatic carbocycles. The number of nitrogens with zero attached hydrogens (tertiary/aromatic N) is 3. The highest BCUT2D eigenvalue weighted by molar-refractivity contribution is 5.55. The van der Waals surface area contributed by atoms with E-state index in [9.17, 15) is 10.1 Å². The zero-order chi connectivity index (χ0) is 13.1. The van der Waals surface area contributed by atoms with Crippen LogP contribution in [0, 0.1) is 10.1 Å². The van der Waals surface area contributed by atoms with E-state index >= 15 is 0 Å². The Morgan fingerprint density at radius 2 is 2.06 bits per heavy atom. The predicted molar refractivity (Wildman–Crippen MR) is 68.3 cm³/mol. The topological polar surface area (TPSA) is 73.0 Å². The van der Waals surface area contributed by atoms with Crippen molar-refractivity contribution < 1.29 is 4.92 Å². The van der Waals surface area contributed by atoms with Crippen LogP contribution in [0.4, 0.5) is 11.5 Å². The van der Waals surface area contributed by atoms with Gasteiger partial charge in [-0.05, 0) is 12.5 Å². The van der Waals surface area contributed by atoms with E-state index in [0.717, 1.165) is 5.56 Å². The molecule has 0 bridgehead atoms. The van der Waals surface area contributed by atoms with Crippen molar-refractivity contribution in [3.05, 3.63) is 52.2 Å². The Bertz CT molecular complexity index is 550. The number of nitro groups is 1. The molecule has 1 atom stereocenters. The van der Waals surface area contributed by atoms with Crippen molar-refractivity contribution in [2.45, 2.75) is 13.0 Å². The largest absolute Gasteiger partial charge is 0.356 e. The lowest BCUT2D eigenvalue weighted by atomic mass is 10.1. The third-order valence-corrected chi connectivity index (χ3v) is 2.66. The number of rotatable bonds is 4. The molecule has 0 radical (unpaired) electrons. The number of anilines is 1. The van der Waals surface area contributed by atoms with Crippen molar-refractivity contribution in [2.24, 2.45) is 7.05 Å². The number of aryl methyl sites for hydroxylation is 1. The van der Waals surface area contributed by atoms with Crippen LogP contribution < -0.4 is 5.32 Å². The van der Waals surface area contributed by atoms with Crippen molar-refractivity contribution >= 4 is 11.5 Å². The van der Waals surface area contributed by atoms with Crippen LogP contribution >= 0.6 is 0 Å². The maximum Gasteiger partial charge on any atom is 0.330 e. The highest BCUT2D eigenvalue weighted by Crippen LogP contribution is 2.25. The van der Waals surface area contributed by atoms with E-state index in [2.05, 4.69) is 10.4 Å². The van der Waals surface area contributed by atoms with Crippen molar-refractivity contribution in [2.75, 3.05) is 5.32 Å². The van der Waals surface area contributed by atoms with Crippen molar-refractivity contribution in [3.8, 4) is 0 Å². The zero-order valence-electron chi connectivity index (χ0n) is 10.2. The molecule has 6 heteroatoms. The maximum atomic E-state index is 10.9. The first-order valence-electron chi connectivity index (χ1n) is 5.57. The lowest BCUT2D eigenvalue weighted by Gasteiger charge is -2.12. The Morgan fingerprint density at radius 3 is 2.67 bits per heavy atom. The van der Waals surface area contributed by atoms with E-state index in [1.54, 1.807) is 7.05 Å². The average Bonchev–Trinajstić information content (AvgIpc) is 2.71. The second-order valence-corrected chi connectivity index (χ2v) is 4.07. The Hall–Kier alpha value is -2.37. The van der Waals surface area contributed by atoms with Gasteiger partial charge in [-0.15, -0.1) is 5.10 Å². The molecule has 1 heterocycles. The zero-order valence-corrected chi connectivity index (χ0v) is 10.2. The monoisotopic (exact) mass is 246 g/mol. The second kappa shape index (κ2) is 4.87. The van der Waals surface area contributed by atoms with Crippen molar-refractivity contribution in [3.63, 3.8) is 0 Å². The summed E-state index contributed by atoms with van der Waals surface area (Å²) in [4.78, 5) is 10.4. The van der Waals surface area contributed by atoms with Gasteiger partial charge >= 0.3 is 5.69 Å². The summed E-state index contributed by atoms with van der Waals surface area (Å²) in [6.07, 6.45) is 1.39. The summed E-state index contributed by atoms with van der Waals surface area (Å²) in [5.41, 5.74) is 1.04. The van der Waals surface area contributed by atoms with Gasteiger partial charge in [0.1, 0.15) is 6.20 Å². The third-order valence-electron chi connectivity index (χ3n) is 2.66. The molecule has 0 saturated heterocycles. The minimum atomic E-state index is -0.437. The van der Waals surface area contributed by atoms with Crippen LogP contribution in [0.25, 0.3) is 0 Å². The fourth-order valence-corrected chi connectivity index (χ4v) is 1.74. The number of hydrogen-bond donors (Lipinski definition) is 1. The Kier molecular flexibility index (Phi) is 3.27. The van der Waals surface area contributed by atoms with Gasteiger partial charge < -0.3 is 5.32 Å². The van der Waals surface area contributed by atoms with Gasteiger partial charge in [-0.2, -0.15) is 0 Å². The number of hydrogen-bond acceptors (Lipinski definition) is 4. The molecule has 6 nitrogen and oxygen atoms in total. The van der Waals surface area contributed by atoms with Crippen molar-refractivity contribution in [1.29, 1.82) is 0 Å². The molecule has 1 aromatic heterocycles. The van der Waals surface area contributed by atoms with Crippen LogP contribution in [0.2, 0.25) is 0 Å². The predicted octanol–water partition coefficient (Wildman–Crippen LogP) is 2.50. The first-order chi connectivity index (χ1) is 8.58. The highest BCUT2D eigenvalue weighted by atomic mass is 16.6. The van der Waals surface area contributed by atoms with Gasteiger partial charge in [-0.1, -0.05) is 30.3 Å². The van der Waals surface area contributed by atoms with Crippen molar-refractivity contribution in [1.82, 2.24) is 9.78 Å². The van der Waals surface area contributed by atoms with Crippen LogP contribution in [0.1, 0.15) is 18.5 Å². The molecule has 0 aliphatic heterocycles. The van der Waals surface area contributed by atoms with Crippen LogP contribution in [0.15, 0.2) is 36.5 Å². The fraction of sp³-hybridized carbons (Fsp3) is 0.250. The van der Waals surface area contributed by atoms with Crippen LogP contribution in [0.3, 0.4) is 0 Å². The van der Waals surface area contributed by atoms with Gasteiger partial charge in [-0.25, -0.2) is 0 Å². The summed E-state index contributed by atoms with van der Waals surface area (Å²) >= 11 is 0. The average molecular weight is 246 g/mol. The second-order valence-electron chi connectivity index (χ2n) is 4.07. The lowest BCUT2D eigenvalue weighted by Crippen LogP contribution is -2.08. The third kappa shape index (κ3) is 2.48. The van der Waals surface area contributed by atoms with E-state index in [4.69, 9.17) is 0 Å². The molecule has 0 amide bonds. The van der Waals surface area contributed by atoms with Gasteiger partial charge in [-0.3, -0.25) is 14.8 Å². The van der Waals surface area contributed by atoms with Crippen LogP contribution in [-0.2, 0) is 7.05 Å². The molecule has 1 unspecified atom stereocenters. The Morgan fingerprint density at radius 1 is 1.39 bits per heavy atom. The summed E-state index contributed by atoms with van der Waals surface area (Å²) in [5.74, 6) is 0.291. The smallest absolute Gasteiger partial charge is 0.330 e. The van der Waals surface area contributed by atoms with E-state index < -0.39 is 4.92 Å². The van der Waals surface area contributed by atoms with E-state index in [1.165, 1.54) is 10.9 Å². The molecule has 2 rings (SSSR count). The lowest BCUT2D eigenvalue weighted by molar-refractivity contribution is -0.384. The molecule has 0 aliphatic rings. The molecule has 18 heavy (non-hydrogen) atoms. The highest BCUT2D eigenvalue weighted by Gasteiger charge is 2.20. The van der Waals surface area contributed by atoms with Crippen LogP contribution in [-0.4, -0.2) is 14.7 Å². The molecule has 0 saturated carbocycles. The quantitative estimate of drug-likeness (QED) is 0.664. The van der Waals surface area contributed by atoms with Gasteiger partial charge in [0.05, 0.1) is 11.0 Å². The molecule has 0 fully saturated rings. The van der Waals surface area contributed by atoms with Gasteiger partial charge in [0.25, 0.3) is 0 Å². The summed E-state index contributed by atoms with van der Waals surface area (Å²) in [6.45, 7) is 1.94. The normalized spacial score (nSPS) is 12.1. The molecule has 0 aliphatic carbocycles. The molecular weight excluding hydrogens is 232 g/mol. The van der Waals surface area contributed by atoms with Gasteiger partial charge in [0, 0.05) is 7.05 Å². The van der Waals surface area contributed by atoms with E-state index in [-0.39, 0.29) is 11.7 Å². The minimum absolute atomic E-state index is 0.0136. The molecule has 0 spiro atoms. The molecule has 1 N–H and O–H groups in total. The van der Waals surface area contributed by atoms with E-state index in [0.29, 0.717) is 5.82 Å². The number of benzene rings is 1. The summed E-state index contributed by atoms with van der Waals surface area (Å²) in [7, 11) is 1.66. The fourth-order valence-electron chi connectivity index (χ4n) is 1.74. The summed E-state index contributed by atoms with van der Waals surface area (Å²) < 4.78 is 1.43. The maximum absolute atomic E-state index is 10.9. The first-order valence-corrected chi connectivity index (χ1v) is 5.57. The number of aromatic nitrogens is 2. The van der Waals surface area contributed by atoms with E-state index in [1.807, 2.05) is 37.3 Å². The summed E-state index contributed by atoms with van der Waals surface area (Å²) in [5, 5.41) is 18.0. The van der Waals surface area contributed by atoms with Gasteiger partial charge in [0.15, 0.2) is 0 Å². The number of nitrogens with one attached hydrogen (secondary N) is 1. The Balaban J connectivity index is 2.22. The first kappa shape index (κ1) is 12.1. The minimum Gasteiger partial charge on any atom is -0.356 e. The summed E-state index contributed by atoms with van der Waals surface area (Å²) in [6, 6.07) is 9.68. The SMILES string of the molecule is CC(Nc1nn(C)cc1[N+](=O)[O-])c1ccccc1. The molecule has 94 valence electrons. The molecular formula is C12H14N4O2.